The Kier molecular flexibility index (Phi) is 8.16. The molecule has 2 aromatic heterocycles. The Morgan fingerprint density at radius 3 is 1.13 bits per heavy atom. The molecule has 3 heteroatoms. The third-order valence-corrected chi connectivity index (χ3v) is 10.5. The molecule has 0 radical (unpaired) electrons. The van der Waals surface area contributed by atoms with Gasteiger partial charge >= 0.3 is 0 Å². The molecule has 0 N–H and O–H groups in total. The Morgan fingerprint density at radius 1 is 0.291 bits per heavy atom. The second-order valence-electron chi connectivity index (χ2n) is 13.8. The van der Waals surface area contributed by atoms with E-state index in [2.05, 4.69) is 211 Å². The summed E-state index contributed by atoms with van der Waals surface area (Å²) in [4.78, 5) is 10.7. The van der Waals surface area contributed by atoms with Gasteiger partial charge in [-0.15, -0.1) is 0 Å². The molecule has 55 heavy (non-hydrogen) atoms. The number of para-hydroxylation sites is 2. The van der Waals surface area contributed by atoms with Gasteiger partial charge in [-0.2, -0.15) is 0 Å². The predicted molar refractivity (Wildman–Crippen MR) is 229 cm³/mol. The first kappa shape index (κ1) is 32.3. The zero-order valence-electron chi connectivity index (χ0n) is 30.0. The summed E-state index contributed by atoms with van der Waals surface area (Å²) >= 11 is 0. The SMILES string of the molecule is c1ccc(-c2ccc(-c3ccc(-c4nc(-c5ccc(-c6ccc(-c7ccccc7)cc6)cc5)c5c6ccccc6n(-c6ccccc6)c5n4)cc3)cc2)cc1. The van der Waals surface area contributed by atoms with E-state index in [9.17, 15) is 0 Å². The number of nitrogens with zero attached hydrogens (tertiary/aromatic N) is 3. The van der Waals surface area contributed by atoms with Crippen molar-refractivity contribution in [1.82, 2.24) is 14.5 Å². The minimum absolute atomic E-state index is 0.689. The van der Waals surface area contributed by atoms with Gasteiger partial charge in [0.1, 0.15) is 5.65 Å². The monoisotopic (exact) mass is 701 g/mol. The quantitative estimate of drug-likeness (QED) is 0.166. The van der Waals surface area contributed by atoms with Crippen LogP contribution in [0.25, 0.3) is 94.8 Å². The van der Waals surface area contributed by atoms with Crippen molar-refractivity contribution < 1.29 is 0 Å². The van der Waals surface area contributed by atoms with E-state index in [1.165, 1.54) is 33.4 Å². The van der Waals surface area contributed by atoms with Crippen molar-refractivity contribution >= 4 is 21.9 Å². The van der Waals surface area contributed by atoms with Gasteiger partial charge in [-0.25, -0.2) is 9.97 Å². The number of benzene rings is 8. The molecule has 3 nitrogen and oxygen atoms in total. The van der Waals surface area contributed by atoms with Gasteiger partial charge in [-0.3, -0.25) is 4.57 Å². The average molecular weight is 702 g/mol. The molecule has 10 rings (SSSR count). The van der Waals surface area contributed by atoms with Crippen LogP contribution in [-0.4, -0.2) is 14.5 Å². The maximum Gasteiger partial charge on any atom is 0.162 e. The average Bonchev–Trinajstić information content (AvgIpc) is 3.61. The van der Waals surface area contributed by atoms with Crippen molar-refractivity contribution in [3.05, 3.63) is 212 Å². The molecule has 0 amide bonds. The third-order valence-electron chi connectivity index (χ3n) is 10.5. The van der Waals surface area contributed by atoms with E-state index < -0.39 is 0 Å². The van der Waals surface area contributed by atoms with Crippen molar-refractivity contribution in [2.45, 2.75) is 0 Å². The van der Waals surface area contributed by atoms with E-state index in [0.29, 0.717) is 5.82 Å². The van der Waals surface area contributed by atoms with Gasteiger partial charge in [0.05, 0.1) is 16.6 Å². The molecule has 10 aromatic rings. The first-order chi connectivity index (χ1) is 27.3. The van der Waals surface area contributed by atoms with Crippen LogP contribution < -0.4 is 0 Å². The molecule has 0 aliphatic carbocycles. The van der Waals surface area contributed by atoms with E-state index >= 15 is 0 Å². The molecule has 0 aliphatic rings. The highest BCUT2D eigenvalue weighted by Crippen LogP contribution is 2.39. The minimum Gasteiger partial charge on any atom is -0.294 e. The lowest BCUT2D eigenvalue weighted by molar-refractivity contribution is 1.11. The van der Waals surface area contributed by atoms with Gasteiger partial charge in [0, 0.05) is 22.2 Å². The molecule has 8 aromatic carbocycles. The molecule has 0 fully saturated rings. The van der Waals surface area contributed by atoms with Gasteiger partial charge in [0.15, 0.2) is 5.82 Å². The van der Waals surface area contributed by atoms with Crippen molar-refractivity contribution in [1.29, 1.82) is 0 Å². The number of hydrogen-bond donors (Lipinski definition) is 0. The van der Waals surface area contributed by atoms with Crippen LogP contribution in [0.4, 0.5) is 0 Å². The van der Waals surface area contributed by atoms with Crippen molar-refractivity contribution in [3.8, 4) is 72.8 Å². The fourth-order valence-corrected chi connectivity index (χ4v) is 7.63. The molecule has 0 saturated carbocycles. The van der Waals surface area contributed by atoms with Crippen LogP contribution in [0.15, 0.2) is 212 Å². The molecular weight excluding hydrogens is 667 g/mol. The summed E-state index contributed by atoms with van der Waals surface area (Å²) in [6.07, 6.45) is 0. The maximum absolute atomic E-state index is 5.37. The number of fused-ring (bicyclic) bond motifs is 3. The first-order valence-corrected chi connectivity index (χ1v) is 18.7. The Morgan fingerprint density at radius 2 is 0.655 bits per heavy atom. The molecule has 0 spiro atoms. The second-order valence-corrected chi connectivity index (χ2v) is 13.8. The second kappa shape index (κ2) is 13.9. The number of aromatic nitrogens is 3. The van der Waals surface area contributed by atoms with Crippen LogP contribution in [0.5, 0.6) is 0 Å². The lowest BCUT2D eigenvalue weighted by atomic mass is 9.98. The number of hydrogen-bond acceptors (Lipinski definition) is 2. The summed E-state index contributed by atoms with van der Waals surface area (Å²) in [7, 11) is 0. The summed E-state index contributed by atoms with van der Waals surface area (Å²) in [6.45, 7) is 0. The Labute approximate surface area is 320 Å². The van der Waals surface area contributed by atoms with Gasteiger partial charge in [-0.05, 0) is 62.7 Å². The molecule has 0 bridgehead atoms. The molecule has 0 unspecified atom stereocenters. The summed E-state index contributed by atoms with van der Waals surface area (Å²) in [5.41, 5.74) is 15.5. The number of rotatable bonds is 7. The third kappa shape index (κ3) is 6.08. The highest BCUT2D eigenvalue weighted by Gasteiger charge is 2.21. The van der Waals surface area contributed by atoms with E-state index in [-0.39, 0.29) is 0 Å². The highest BCUT2D eigenvalue weighted by molar-refractivity contribution is 6.14. The molecular formula is C52H35N3. The van der Waals surface area contributed by atoms with Crippen LogP contribution in [-0.2, 0) is 0 Å². The van der Waals surface area contributed by atoms with Gasteiger partial charge < -0.3 is 0 Å². The van der Waals surface area contributed by atoms with E-state index in [0.717, 1.165) is 55.6 Å². The summed E-state index contributed by atoms with van der Waals surface area (Å²) in [5, 5.41) is 2.16. The zero-order chi connectivity index (χ0) is 36.6. The molecule has 0 aliphatic heterocycles. The van der Waals surface area contributed by atoms with Crippen LogP contribution >= 0.6 is 0 Å². The zero-order valence-corrected chi connectivity index (χ0v) is 30.0. The predicted octanol–water partition coefficient (Wildman–Crippen LogP) is 13.6. The van der Waals surface area contributed by atoms with Gasteiger partial charge in [-0.1, -0.05) is 194 Å². The lowest BCUT2D eigenvalue weighted by Gasteiger charge is -2.11. The van der Waals surface area contributed by atoms with E-state index in [4.69, 9.17) is 9.97 Å². The van der Waals surface area contributed by atoms with Gasteiger partial charge in [0.2, 0.25) is 0 Å². The van der Waals surface area contributed by atoms with Crippen LogP contribution in [0.3, 0.4) is 0 Å². The Bertz CT molecular complexity index is 2900. The summed E-state index contributed by atoms with van der Waals surface area (Å²) < 4.78 is 2.27. The Hall–Kier alpha value is -7.36. The maximum atomic E-state index is 5.37. The molecule has 0 atom stereocenters. The van der Waals surface area contributed by atoms with Crippen molar-refractivity contribution in [3.63, 3.8) is 0 Å². The van der Waals surface area contributed by atoms with Crippen LogP contribution in [0, 0.1) is 0 Å². The smallest absolute Gasteiger partial charge is 0.162 e. The van der Waals surface area contributed by atoms with Crippen molar-refractivity contribution in [2.75, 3.05) is 0 Å². The van der Waals surface area contributed by atoms with Gasteiger partial charge in [0.25, 0.3) is 0 Å². The van der Waals surface area contributed by atoms with Crippen molar-refractivity contribution in [2.24, 2.45) is 0 Å². The largest absolute Gasteiger partial charge is 0.294 e. The topological polar surface area (TPSA) is 30.7 Å². The fraction of sp³-hybridized carbons (Fsp3) is 0. The first-order valence-electron chi connectivity index (χ1n) is 18.7. The van der Waals surface area contributed by atoms with E-state index in [1.54, 1.807) is 0 Å². The molecule has 258 valence electrons. The molecule has 0 saturated heterocycles. The summed E-state index contributed by atoms with van der Waals surface area (Å²) in [6, 6.07) is 75.0. The van der Waals surface area contributed by atoms with Crippen LogP contribution in [0.1, 0.15) is 0 Å². The highest BCUT2D eigenvalue weighted by atomic mass is 15.1. The summed E-state index contributed by atoms with van der Waals surface area (Å²) in [5.74, 6) is 0.689. The lowest BCUT2D eigenvalue weighted by Crippen LogP contribution is -1.99. The fourth-order valence-electron chi connectivity index (χ4n) is 7.63. The standard InChI is InChI=1S/C52H35N3/c1-4-12-36(13-5-1)38-20-24-40(25-21-38)42-28-32-44(33-29-42)50-49-47-18-10-11-19-48(47)55(46-16-8-3-9-17-46)52(49)54-51(53-50)45-34-30-43(31-35-45)41-26-22-39(23-27-41)37-14-6-2-7-15-37/h1-35H. The van der Waals surface area contributed by atoms with E-state index in [1.807, 2.05) is 6.07 Å². The van der Waals surface area contributed by atoms with Crippen LogP contribution in [0.2, 0.25) is 0 Å². The minimum atomic E-state index is 0.689. The molecule has 2 heterocycles. The Balaban J connectivity index is 1.07. The normalized spacial score (nSPS) is 11.3.